The molecule has 0 spiro atoms. The van der Waals surface area contributed by atoms with Gasteiger partial charge in [0.2, 0.25) is 0 Å². The zero-order valence-corrected chi connectivity index (χ0v) is 11.5. The van der Waals surface area contributed by atoms with E-state index in [0.29, 0.717) is 6.42 Å². The fraction of sp³-hybridized carbons (Fsp3) is 0.286. The topological polar surface area (TPSA) is 33.4 Å². The first-order valence-electron chi connectivity index (χ1n) is 5.55. The van der Waals surface area contributed by atoms with Crippen LogP contribution < -0.4 is 0 Å². The summed E-state index contributed by atoms with van der Waals surface area (Å²) in [4.78, 5) is 0. The minimum atomic E-state index is -0.522. The molecule has 0 radical (unpaired) electrons. The first-order valence-corrected chi connectivity index (χ1v) is 6.34. The third-order valence-electron chi connectivity index (χ3n) is 2.82. The van der Waals surface area contributed by atoms with E-state index in [2.05, 4.69) is 15.9 Å². The van der Waals surface area contributed by atoms with Gasteiger partial charge in [-0.15, -0.1) is 0 Å². The Bertz CT molecular complexity index is 480. The largest absolute Gasteiger partial charge is 0.469 e. The van der Waals surface area contributed by atoms with Gasteiger partial charge in [-0.3, -0.25) is 0 Å². The Morgan fingerprint density at radius 2 is 1.94 bits per heavy atom. The maximum atomic E-state index is 10.2. The zero-order chi connectivity index (χ0) is 12.4. The molecule has 0 aliphatic rings. The molecule has 0 aliphatic heterocycles. The van der Waals surface area contributed by atoms with Gasteiger partial charge in [-0.25, -0.2) is 0 Å². The number of furan rings is 1. The second-order valence-corrected chi connectivity index (χ2v) is 5.06. The van der Waals surface area contributed by atoms with Gasteiger partial charge in [-0.05, 0) is 42.7 Å². The van der Waals surface area contributed by atoms with Crippen LogP contribution >= 0.6 is 15.9 Å². The molecule has 17 heavy (non-hydrogen) atoms. The van der Waals surface area contributed by atoms with E-state index in [0.717, 1.165) is 26.9 Å². The predicted octanol–water partition coefficient (Wildman–Crippen LogP) is 3.94. The van der Waals surface area contributed by atoms with E-state index in [9.17, 15) is 5.11 Å². The molecular weight excluding hydrogens is 280 g/mol. The number of aliphatic hydroxyl groups is 1. The molecule has 1 N–H and O–H groups in total. The molecule has 0 amide bonds. The SMILES string of the molecule is Cc1cc(C(O)Cc2ccco2)cc(C)c1Br. The number of halogens is 1. The Morgan fingerprint density at radius 1 is 1.29 bits per heavy atom. The van der Waals surface area contributed by atoms with Crippen LogP contribution in [0.4, 0.5) is 0 Å². The molecule has 1 unspecified atom stereocenters. The summed E-state index contributed by atoms with van der Waals surface area (Å²) in [5.74, 6) is 0.802. The Balaban J connectivity index is 2.22. The maximum Gasteiger partial charge on any atom is 0.106 e. The maximum absolute atomic E-state index is 10.2. The number of aliphatic hydroxyl groups excluding tert-OH is 1. The first kappa shape index (κ1) is 12.4. The van der Waals surface area contributed by atoms with Crippen LogP contribution in [-0.2, 0) is 6.42 Å². The number of benzene rings is 1. The highest BCUT2D eigenvalue weighted by Gasteiger charge is 2.12. The second-order valence-electron chi connectivity index (χ2n) is 4.27. The van der Waals surface area contributed by atoms with E-state index >= 15 is 0 Å². The van der Waals surface area contributed by atoms with Gasteiger partial charge in [0.05, 0.1) is 12.4 Å². The summed E-state index contributed by atoms with van der Waals surface area (Å²) in [7, 11) is 0. The molecule has 1 aromatic heterocycles. The van der Waals surface area contributed by atoms with Crippen molar-refractivity contribution in [2.75, 3.05) is 0 Å². The molecule has 1 atom stereocenters. The van der Waals surface area contributed by atoms with Crippen molar-refractivity contribution in [1.82, 2.24) is 0 Å². The minimum Gasteiger partial charge on any atom is -0.469 e. The molecule has 90 valence electrons. The summed E-state index contributed by atoms with van der Waals surface area (Å²) in [6.07, 6.45) is 1.61. The summed E-state index contributed by atoms with van der Waals surface area (Å²) in [5, 5.41) is 10.2. The summed E-state index contributed by atoms with van der Waals surface area (Å²) in [6.45, 7) is 4.06. The molecule has 1 aromatic carbocycles. The van der Waals surface area contributed by atoms with Crippen molar-refractivity contribution in [1.29, 1.82) is 0 Å². The van der Waals surface area contributed by atoms with E-state index in [-0.39, 0.29) is 0 Å². The van der Waals surface area contributed by atoms with Crippen molar-refractivity contribution < 1.29 is 9.52 Å². The van der Waals surface area contributed by atoms with Crippen LogP contribution in [0.2, 0.25) is 0 Å². The molecule has 3 heteroatoms. The molecule has 2 aromatic rings. The number of hydrogen-bond acceptors (Lipinski definition) is 2. The molecule has 0 fully saturated rings. The lowest BCUT2D eigenvalue weighted by molar-refractivity contribution is 0.170. The number of aryl methyl sites for hydroxylation is 2. The highest BCUT2D eigenvalue weighted by Crippen LogP contribution is 2.27. The lowest BCUT2D eigenvalue weighted by Crippen LogP contribution is -2.02. The molecular formula is C14H15BrO2. The standard InChI is InChI=1S/C14H15BrO2/c1-9-6-11(7-10(2)14(9)15)13(16)8-12-4-3-5-17-12/h3-7,13,16H,8H2,1-2H3. The van der Waals surface area contributed by atoms with E-state index in [4.69, 9.17) is 4.42 Å². The Morgan fingerprint density at radius 3 is 2.47 bits per heavy atom. The monoisotopic (exact) mass is 294 g/mol. The van der Waals surface area contributed by atoms with Gasteiger partial charge in [0.1, 0.15) is 5.76 Å². The van der Waals surface area contributed by atoms with Crippen molar-refractivity contribution in [3.05, 3.63) is 57.5 Å². The van der Waals surface area contributed by atoms with Crippen molar-refractivity contribution >= 4 is 15.9 Å². The quantitative estimate of drug-likeness (QED) is 0.930. The number of rotatable bonds is 3. The van der Waals surface area contributed by atoms with Crippen molar-refractivity contribution in [2.45, 2.75) is 26.4 Å². The highest BCUT2D eigenvalue weighted by atomic mass is 79.9. The number of hydrogen-bond donors (Lipinski definition) is 1. The van der Waals surface area contributed by atoms with Crippen LogP contribution in [0.15, 0.2) is 39.4 Å². The Hall–Kier alpha value is -1.06. The van der Waals surface area contributed by atoms with E-state index < -0.39 is 6.10 Å². The summed E-state index contributed by atoms with van der Waals surface area (Å²) < 4.78 is 6.34. The molecule has 0 saturated heterocycles. The minimum absolute atomic E-state index is 0.507. The summed E-state index contributed by atoms with van der Waals surface area (Å²) in [5.41, 5.74) is 3.21. The van der Waals surface area contributed by atoms with Gasteiger partial charge in [0.15, 0.2) is 0 Å². The van der Waals surface area contributed by atoms with Gasteiger partial charge >= 0.3 is 0 Å². The van der Waals surface area contributed by atoms with Gasteiger partial charge in [0, 0.05) is 10.9 Å². The second kappa shape index (κ2) is 5.07. The Labute approximate surface area is 109 Å². The van der Waals surface area contributed by atoms with Gasteiger partial charge in [-0.2, -0.15) is 0 Å². The fourth-order valence-corrected chi connectivity index (χ4v) is 2.14. The Kier molecular flexibility index (Phi) is 3.69. The van der Waals surface area contributed by atoms with E-state index in [1.807, 2.05) is 38.1 Å². The van der Waals surface area contributed by atoms with Crippen LogP contribution in [0.5, 0.6) is 0 Å². The lowest BCUT2D eigenvalue weighted by atomic mass is 10.0. The normalized spacial score (nSPS) is 12.7. The third kappa shape index (κ3) is 2.79. The van der Waals surface area contributed by atoms with E-state index in [1.165, 1.54) is 0 Å². The molecule has 0 aliphatic carbocycles. The van der Waals surface area contributed by atoms with Crippen LogP contribution in [0.1, 0.15) is 28.6 Å². The van der Waals surface area contributed by atoms with E-state index in [1.54, 1.807) is 6.26 Å². The highest BCUT2D eigenvalue weighted by molar-refractivity contribution is 9.10. The fourth-order valence-electron chi connectivity index (χ4n) is 1.91. The van der Waals surface area contributed by atoms with Crippen LogP contribution in [0.25, 0.3) is 0 Å². The van der Waals surface area contributed by atoms with Crippen LogP contribution in [0, 0.1) is 13.8 Å². The van der Waals surface area contributed by atoms with Gasteiger partial charge in [-0.1, -0.05) is 28.1 Å². The molecule has 0 bridgehead atoms. The molecule has 2 rings (SSSR count). The molecule has 0 saturated carbocycles. The van der Waals surface area contributed by atoms with Crippen molar-refractivity contribution in [3.63, 3.8) is 0 Å². The van der Waals surface area contributed by atoms with Gasteiger partial charge in [0.25, 0.3) is 0 Å². The van der Waals surface area contributed by atoms with Crippen molar-refractivity contribution in [3.8, 4) is 0 Å². The summed E-state index contributed by atoms with van der Waals surface area (Å²) >= 11 is 3.52. The third-order valence-corrected chi connectivity index (χ3v) is 4.07. The van der Waals surface area contributed by atoms with Gasteiger partial charge < -0.3 is 9.52 Å². The molecule has 2 nitrogen and oxygen atoms in total. The average Bonchev–Trinajstić information content (AvgIpc) is 2.77. The smallest absolute Gasteiger partial charge is 0.106 e. The zero-order valence-electron chi connectivity index (χ0n) is 9.90. The lowest BCUT2D eigenvalue weighted by Gasteiger charge is -2.13. The molecule has 1 heterocycles. The van der Waals surface area contributed by atoms with Crippen LogP contribution in [-0.4, -0.2) is 5.11 Å². The van der Waals surface area contributed by atoms with Crippen molar-refractivity contribution in [2.24, 2.45) is 0 Å². The van der Waals surface area contributed by atoms with Crippen LogP contribution in [0.3, 0.4) is 0 Å². The predicted molar refractivity (Wildman–Crippen MR) is 71.0 cm³/mol. The summed E-state index contributed by atoms with van der Waals surface area (Å²) in [6, 6.07) is 7.72. The average molecular weight is 295 g/mol. The first-order chi connectivity index (χ1) is 8.08.